The molecular weight excluding hydrogens is 246 g/mol. The molecule has 0 spiro atoms. The first-order chi connectivity index (χ1) is 9.76. The number of hydrogen-bond acceptors (Lipinski definition) is 2. The van der Waals surface area contributed by atoms with Crippen molar-refractivity contribution in [1.82, 2.24) is 0 Å². The zero-order chi connectivity index (χ0) is 13.6. The molecule has 2 aliphatic carbocycles. The predicted octanol–water partition coefficient (Wildman–Crippen LogP) is 3.77. The molecule has 0 aromatic heterocycles. The fourth-order valence-corrected chi connectivity index (χ4v) is 4.35. The minimum absolute atomic E-state index is 0.145. The minimum atomic E-state index is -0.145. The van der Waals surface area contributed by atoms with E-state index in [2.05, 4.69) is 18.2 Å². The third-order valence-electron chi connectivity index (χ3n) is 5.58. The molecule has 4 rings (SSSR count). The molecule has 2 N–H and O–H groups in total. The van der Waals surface area contributed by atoms with Gasteiger partial charge in [0.1, 0.15) is 5.75 Å². The highest BCUT2D eigenvalue weighted by Crippen LogP contribution is 2.50. The van der Waals surface area contributed by atoms with Crippen molar-refractivity contribution >= 4 is 0 Å². The van der Waals surface area contributed by atoms with Crippen LogP contribution in [0.1, 0.15) is 56.1 Å². The van der Waals surface area contributed by atoms with E-state index >= 15 is 0 Å². The summed E-state index contributed by atoms with van der Waals surface area (Å²) in [7, 11) is 0. The molecule has 0 amide bonds. The molecule has 1 heterocycles. The van der Waals surface area contributed by atoms with Crippen LogP contribution in [-0.4, -0.2) is 6.61 Å². The second-order valence-corrected chi connectivity index (χ2v) is 7.10. The smallest absolute Gasteiger partial charge is 0.127 e. The lowest BCUT2D eigenvalue weighted by Crippen LogP contribution is -2.42. The molecule has 3 aliphatic rings. The van der Waals surface area contributed by atoms with Gasteiger partial charge in [0.25, 0.3) is 0 Å². The Balaban J connectivity index is 1.68. The summed E-state index contributed by atoms with van der Waals surface area (Å²) in [5.41, 5.74) is 9.40. The lowest BCUT2D eigenvalue weighted by Gasteiger charge is -2.40. The summed E-state index contributed by atoms with van der Waals surface area (Å²) in [6.07, 6.45) is 10.1. The highest BCUT2D eigenvalue weighted by atomic mass is 16.5. The molecule has 2 saturated carbocycles. The summed E-state index contributed by atoms with van der Waals surface area (Å²) in [6.45, 7) is 0.853. The van der Waals surface area contributed by atoms with Gasteiger partial charge >= 0.3 is 0 Å². The van der Waals surface area contributed by atoms with E-state index < -0.39 is 0 Å². The predicted molar refractivity (Wildman–Crippen MR) is 80.8 cm³/mol. The third kappa shape index (κ3) is 2.14. The van der Waals surface area contributed by atoms with Gasteiger partial charge in [-0.05, 0) is 55.9 Å². The lowest BCUT2D eigenvalue weighted by molar-refractivity contribution is 0.196. The van der Waals surface area contributed by atoms with E-state index in [0.29, 0.717) is 0 Å². The summed E-state index contributed by atoms with van der Waals surface area (Å²) in [5, 5.41) is 0. The van der Waals surface area contributed by atoms with E-state index in [1.165, 1.54) is 36.8 Å². The van der Waals surface area contributed by atoms with Crippen LogP contribution in [0.2, 0.25) is 0 Å². The fraction of sp³-hybridized carbons (Fsp3) is 0.667. The van der Waals surface area contributed by atoms with Gasteiger partial charge in [0.2, 0.25) is 0 Å². The molecule has 0 saturated heterocycles. The van der Waals surface area contributed by atoms with Crippen LogP contribution >= 0.6 is 0 Å². The highest BCUT2D eigenvalue weighted by Gasteiger charge is 2.42. The summed E-state index contributed by atoms with van der Waals surface area (Å²) in [5.74, 6) is 2.95. The van der Waals surface area contributed by atoms with Gasteiger partial charge in [0, 0.05) is 11.1 Å². The Morgan fingerprint density at radius 2 is 2.00 bits per heavy atom. The van der Waals surface area contributed by atoms with Gasteiger partial charge in [-0.15, -0.1) is 0 Å². The van der Waals surface area contributed by atoms with Crippen LogP contribution in [0.3, 0.4) is 0 Å². The fourth-order valence-electron chi connectivity index (χ4n) is 4.35. The van der Waals surface area contributed by atoms with Crippen molar-refractivity contribution in [2.45, 2.75) is 56.9 Å². The summed E-state index contributed by atoms with van der Waals surface area (Å²) < 4.78 is 6.00. The van der Waals surface area contributed by atoms with E-state index in [4.69, 9.17) is 10.5 Å². The third-order valence-corrected chi connectivity index (χ3v) is 5.58. The van der Waals surface area contributed by atoms with Gasteiger partial charge in [-0.3, -0.25) is 0 Å². The molecule has 1 aromatic carbocycles. The topological polar surface area (TPSA) is 35.2 Å². The largest absolute Gasteiger partial charge is 0.493 e. The number of rotatable bonds is 2. The Hall–Kier alpha value is -1.02. The second-order valence-electron chi connectivity index (χ2n) is 7.10. The van der Waals surface area contributed by atoms with E-state index in [1.54, 1.807) is 0 Å². The average molecular weight is 271 g/mol. The van der Waals surface area contributed by atoms with Crippen molar-refractivity contribution in [3.05, 3.63) is 29.3 Å². The molecule has 20 heavy (non-hydrogen) atoms. The minimum Gasteiger partial charge on any atom is -0.493 e. The van der Waals surface area contributed by atoms with Crippen molar-refractivity contribution in [3.63, 3.8) is 0 Å². The number of fused-ring (bicyclic) bond motifs is 1. The van der Waals surface area contributed by atoms with Gasteiger partial charge < -0.3 is 10.5 Å². The molecule has 2 atom stereocenters. The van der Waals surface area contributed by atoms with Gasteiger partial charge in [-0.2, -0.15) is 0 Å². The van der Waals surface area contributed by atoms with Gasteiger partial charge in [0.05, 0.1) is 6.61 Å². The van der Waals surface area contributed by atoms with E-state index in [9.17, 15) is 0 Å². The van der Waals surface area contributed by atoms with Crippen molar-refractivity contribution < 1.29 is 4.74 Å². The molecule has 2 unspecified atom stereocenters. The van der Waals surface area contributed by atoms with Crippen LogP contribution in [0.5, 0.6) is 5.75 Å². The van der Waals surface area contributed by atoms with Crippen molar-refractivity contribution in [3.8, 4) is 5.75 Å². The van der Waals surface area contributed by atoms with Crippen LogP contribution < -0.4 is 10.5 Å². The molecule has 2 heteroatoms. The monoisotopic (exact) mass is 271 g/mol. The molecule has 1 aliphatic heterocycles. The van der Waals surface area contributed by atoms with Crippen molar-refractivity contribution in [2.75, 3.05) is 6.61 Å². The Morgan fingerprint density at radius 3 is 2.85 bits per heavy atom. The SMILES string of the molecule is NC1(c2cccc3c2OCCC3)CCCC(C2CC2)C1. The molecule has 108 valence electrons. The van der Waals surface area contributed by atoms with E-state index in [1.807, 2.05) is 0 Å². The summed E-state index contributed by atoms with van der Waals surface area (Å²) >= 11 is 0. The molecule has 2 nitrogen and oxygen atoms in total. The first-order valence-corrected chi connectivity index (χ1v) is 8.30. The van der Waals surface area contributed by atoms with Crippen molar-refractivity contribution in [2.24, 2.45) is 17.6 Å². The number of aryl methyl sites for hydroxylation is 1. The molecule has 2 fully saturated rings. The maximum atomic E-state index is 6.88. The number of nitrogens with two attached hydrogens (primary N) is 1. The standard InChI is InChI=1S/C18H25NO/c19-18(10-2-5-15(12-18)13-8-9-13)16-7-1-4-14-6-3-11-20-17(14)16/h1,4,7,13,15H,2-3,5-6,8-12,19H2. The van der Waals surface area contributed by atoms with E-state index in [0.717, 1.165) is 49.9 Å². The zero-order valence-corrected chi connectivity index (χ0v) is 12.2. The molecule has 0 bridgehead atoms. The number of ether oxygens (including phenoxy) is 1. The Labute approximate surface area is 121 Å². The first-order valence-electron chi connectivity index (χ1n) is 8.30. The number of para-hydroxylation sites is 1. The normalized spacial score (nSPS) is 33.4. The number of benzene rings is 1. The Bertz CT molecular complexity index is 508. The summed E-state index contributed by atoms with van der Waals surface area (Å²) in [4.78, 5) is 0. The summed E-state index contributed by atoms with van der Waals surface area (Å²) in [6, 6.07) is 6.61. The van der Waals surface area contributed by atoms with Crippen molar-refractivity contribution in [1.29, 1.82) is 0 Å². The average Bonchev–Trinajstić information content (AvgIpc) is 3.31. The van der Waals surface area contributed by atoms with Crippen LogP contribution in [0.4, 0.5) is 0 Å². The van der Waals surface area contributed by atoms with Crippen LogP contribution in [0.25, 0.3) is 0 Å². The lowest BCUT2D eigenvalue weighted by atomic mass is 9.70. The van der Waals surface area contributed by atoms with Gasteiger partial charge in [0.15, 0.2) is 0 Å². The maximum absolute atomic E-state index is 6.88. The molecule has 0 radical (unpaired) electrons. The van der Waals surface area contributed by atoms with Gasteiger partial charge in [-0.1, -0.05) is 31.0 Å². The molecule has 1 aromatic rings. The Morgan fingerprint density at radius 1 is 1.10 bits per heavy atom. The second kappa shape index (κ2) is 4.77. The van der Waals surface area contributed by atoms with Crippen LogP contribution in [-0.2, 0) is 12.0 Å². The molecular formula is C18H25NO. The van der Waals surface area contributed by atoms with Gasteiger partial charge in [-0.25, -0.2) is 0 Å². The van der Waals surface area contributed by atoms with Crippen LogP contribution in [0, 0.1) is 11.8 Å². The van der Waals surface area contributed by atoms with Crippen LogP contribution in [0.15, 0.2) is 18.2 Å². The highest BCUT2D eigenvalue weighted by molar-refractivity contribution is 5.46. The number of hydrogen-bond donors (Lipinski definition) is 1. The first kappa shape index (κ1) is 12.7. The maximum Gasteiger partial charge on any atom is 0.127 e. The Kier molecular flexibility index (Phi) is 3.03. The quantitative estimate of drug-likeness (QED) is 0.888. The zero-order valence-electron chi connectivity index (χ0n) is 12.2. The van der Waals surface area contributed by atoms with E-state index in [-0.39, 0.29) is 5.54 Å².